The van der Waals surface area contributed by atoms with Crippen molar-refractivity contribution >= 4 is 62.8 Å². The van der Waals surface area contributed by atoms with Crippen molar-refractivity contribution in [1.29, 1.82) is 0 Å². The smallest absolute Gasteiger partial charge is 0.328 e. The molecule has 0 saturated carbocycles. The number of halogens is 2. The van der Waals surface area contributed by atoms with Gasteiger partial charge in [0.2, 0.25) is 11.0 Å². The van der Waals surface area contributed by atoms with Gasteiger partial charge in [0.15, 0.2) is 5.01 Å². The molecule has 0 aliphatic heterocycles. The van der Waals surface area contributed by atoms with E-state index in [1.165, 1.54) is 13.1 Å². The highest BCUT2D eigenvalue weighted by molar-refractivity contribution is 7.80. The zero-order valence-electron chi connectivity index (χ0n) is 20.0. The van der Waals surface area contributed by atoms with Gasteiger partial charge in [-0.1, -0.05) is 34.5 Å². The summed E-state index contributed by atoms with van der Waals surface area (Å²) in [5.41, 5.74) is -0.742. The van der Waals surface area contributed by atoms with E-state index < -0.39 is 47.5 Å². The van der Waals surface area contributed by atoms with Gasteiger partial charge in [0.1, 0.15) is 13.1 Å². The van der Waals surface area contributed by atoms with E-state index in [1.807, 2.05) is 0 Å². The van der Waals surface area contributed by atoms with E-state index >= 15 is 0 Å². The molecule has 13 nitrogen and oxygen atoms in total. The fraction of sp³-hybridized carbons (Fsp3) is 0.333. The summed E-state index contributed by atoms with van der Waals surface area (Å²) in [6.45, 7) is 1.57. The van der Waals surface area contributed by atoms with Crippen LogP contribution in [0.3, 0.4) is 0 Å². The van der Waals surface area contributed by atoms with Crippen LogP contribution in [0.1, 0.15) is 12.5 Å². The Hall–Kier alpha value is -3.11. The Bertz CT molecular complexity index is 1470. The van der Waals surface area contributed by atoms with Crippen LogP contribution >= 0.6 is 34.5 Å². The Balaban J connectivity index is 1.82. The Morgan fingerprint density at radius 2 is 1.97 bits per heavy atom. The number of nitrogens with one attached hydrogen (secondary N) is 1. The minimum Gasteiger partial charge on any atom is -0.755 e. The van der Waals surface area contributed by atoms with Crippen LogP contribution in [0, 0.1) is 6.92 Å². The highest BCUT2D eigenvalue weighted by Crippen LogP contribution is 2.35. The summed E-state index contributed by atoms with van der Waals surface area (Å²) in [5, 5.41) is 8.96. The van der Waals surface area contributed by atoms with Crippen LogP contribution in [-0.4, -0.2) is 71.5 Å². The second-order valence-corrected chi connectivity index (χ2v) is 10.3. The van der Waals surface area contributed by atoms with Gasteiger partial charge in [0, 0.05) is 40.2 Å². The summed E-state index contributed by atoms with van der Waals surface area (Å²) < 4.78 is 30.8. The maximum Gasteiger partial charge on any atom is 0.328 e. The summed E-state index contributed by atoms with van der Waals surface area (Å²) in [7, 11) is 0. The molecule has 0 aliphatic carbocycles. The third-order valence-electron chi connectivity index (χ3n) is 5.01. The molecule has 0 radical (unpaired) electrons. The van der Waals surface area contributed by atoms with E-state index in [2.05, 4.69) is 15.2 Å². The molecule has 0 aliphatic rings. The highest BCUT2D eigenvalue weighted by Gasteiger charge is 2.22. The van der Waals surface area contributed by atoms with Crippen LogP contribution < -0.4 is 15.6 Å². The van der Waals surface area contributed by atoms with Crippen molar-refractivity contribution in [3.63, 3.8) is 0 Å². The summed E-state index contributed by atoms with van der Waals surface area (Å²) in [6.07, 6.45) is 1.21. The van der Waals surface area contributed by atoms with Gasteiger partial charge in [0.05, 0.1) is 18.2 Å². The van der Waals surface area contributed by atoms with E-state index in [-0.39, 0.29) is 30.4 Å². The lowest BCUT2D eigenvalue weighted by Crippen LogP contribution is -2.45. The molecular weight excluding hydrogens is 583 g/mol. The predicted octanol–water partition coefficient (Wildman–Crippen LogP) is 1.36. The molecule has 3 aromatic rings. The second-order valence-electron chi connectivity index (χ2n) is 7.65. The topological polar surface area (TPSA) is 171 Å². The molecule has 0 spiro atoms. The van der Waals surface area contributed by atoms with Crippen molar-refractivity contribution in [2.24, 2.45) is 0 Å². The number of carbonyl (C=O) groups excluding carboxylic acids is 2. The van der Waals surface area contributed by atoms with Crippen LogP contribution in [-0.2, 0) is 32.1 Å². The molecule has 38 heavy (non-hydrogen) atoms. The summed E-state index contributed by atoms with van der Waals surface area (Å²) in [4.78, 5) is 52.0. The van der Waals surface area contributed by atoms with Crippen molar-refractivity contribution in [2.75, 3.05) is 30.5 Å². The number of carbonyl (C=O) groups is 2. The number of anilines is 1. The first kappa shape index (κ1) is 29.4. The predicted molar refractivity (Wildman–Crippen MR) is 141 cm³/mol. The number of amides is 1. The van der Waals surface area contributed by atoms with Gasteiger partial charge in [-0.15, -0.1) is 10.2 Å². The summed E-state index contributed by atoms with van der Waals surface area (Å²) in [5.74, 6) is -1.42. The molecule has 0 fully saturated rings. The molecule has 2 aromatic heterocycles. The number of hydrogen-bond acceptors (Lipinski definition) is 10. The monoisotopic (exact) mass is 603 g/mol. The lowest BCUT2D eigenvalue weighted by atomic mass is 10.2. The average molecular weight is 604 g/mol. The van der Waals surface area contributed by atoms with Gasteiger partial charge in [0.25, 0.3) is 5.56 Å². The maximum atomic E-state index is 13.0. The van der Waals surface area contributed by atoms with E-state index in [1.54, 1.807) is 25.1 Å². The standard InChI is InChI=1S/C21H22Cl2N6O7S2/c1-3-36-17(31)11-27(16(30)10-28-9-12(2)18(32)24-20(28)33)6-7-29(38(34)35)21-26-25-19(37-21)14-8-13(22)4-5-15(14)23/h4-5,8-9H,3,6-7,10-11H2,1-2H3,(H,34,35)(H,24,32,33)/p-1. The molecular formula is C21H21Cl2N6O7S2-. The molecule has 1 aromatic carbocycles. The maximum absolute atomic E-state index is 13.0. The minimum absolute atomic E-state index is 0.0135. The molecule has 1 atom stereocenters. The van der Waals surface area contributed by atoms with E-state index in [4.69, 9.17) is 27.9 Å². The number of aromatic amines is 1. The molecule has 0 saturated heterocycles. The summed E-state index contributed by atoms with van der Waals surface area (Å²) >= 11 is 10.3. The Morgan fingerprint density at radius 3 is 2.66 bits per heavy atom. The fourth-order valence-electron chi connectivity index (χ4n) is 3.17. The van der Waals surface area contributed by atoms with Gasteiger partial charge >= 0.3 is 11.7 Å². The second kappa shape index (κ2) is 13.1. The SMILES string of the molecule is CCOC(=O)CN(CCN(c1nnc(-c2cc(Cl)ccc2Cl)s1)S(=O)[O-])C(=O)Cn1cc(C)c(=O)[nH]c1=O. The molecule has 204 valence electrons. The Kier molecular flexibility index (Phi) is 10.2. The van der Waals surface area contributed by atoms with Crippen molar-refractivity contribution in [3.8, 4) is 10.6 Å². The van der Waals surface area contributed by atoms with Crippen molar-refractivity contribution in [1.82, 2.24) is 24.6 Å². The van der Waals surface area contributed by atoms with Gasteiger partial charge in [-0.3, -0.25) is 32.4 Å². The number of nitrogens with zero attached hydrogens (tertiary/aromatic N) is 5. The van der Waals surface area contributed by atoms with Gasteiger partial charge in [-0.25, -0.2) is 4.79 Å². The molecule has 0 bridgehead atoms. The molecule has 1 unspecified atom stereocenters. The number of aromatic nitrogens is 4. The van der Waals surface area contributed by atoms with Gasteiger partial charge < -0.3 is 14.2 Å². The molecule has 2 heterocycles. The first-order valence-corrected chi connectivity index (χ1v) is 13.5. The van der Waals surface area contributed by atoms with Crippen LogP contribution in [0.5, 0.6) is 0 Å². The number of aryl methyl sites for hydroxylation is 1. The molecule has 1 N–H and O–H groups in total. The van der Waals surface area contributed by atoms with Crippen molar-refractivity contribution in [2.45, 2.75) is 20.4 Å². The number of rotatable bonds is 11. The third-order valence-corrected chi connectivity index (χ3v) is 7.39. The van der Waals surface area contributed by atoms with Crippen LogP contribution in [0.4, 0.5) is 5.13 Å². The zero-order chi connectivity index (χ0) is 28.0. The lowest BCUT2D eigenvalue weighted by molar-refractivity contribution is -0.149. The number of H-pyrrole nitrogens is 1. The first-order chi connectivity index (χ1) is 18.0. The van der Waals surface area contributed by atoms with Crippen LogP contribution in [0.25, 0.3) is 10.6 Å². The van der Waals surface area contributed by atoms with E-state index in [9.17, 15) is 27.9 Å². The van der Waals surface area contributed by atoms with Gasteiger partial charge in [-0.2, -0.15) is 0 Å². The van der Waals surface area contributed by atoms with Crippen LogP contribution in [0.15, 0.2) is 34.0 Å². The zero-order valence-corrected chi connectivity index (χ0v) is 23.2. The van der Waals surface area contributed by atoms with E-state index in [0.717, 1.165) is 25.1 Å². The molecule has 3 rings (SSSR count). The normalized spacial score (nSPS) is 11.7. The third kappa shape index (κ3) is 7.48. The molecule has 17 heteroatoms. The largest absolute Gasteiger partial charge is 0.755 e. The van der Waals surface area contributed by atoms with Crippen LogP contribution in [0.2, 0.25) is 10.0 Å². The first-order valence-electron chi connectivity index (χ1n) is 10.9. The van der Waals surface area contributed by atoms with Gasteiger partial charge in [-0.05, 0) is 32.0 Å². The quantitative estimate of drug-likeness (QED) is 0.251. The Labute approximate surface area is 232 Å². The lowest BCUT2D eigenvalue weighted by Gasteiger charge is -2.27. The average Bonchev–Trinajstić information content (AvgIpc) is 3.33. The highest BCUT2D eigenvalue weighted by atomic mass is 35.5. The number of ether oxygens (including phenoxy) is 1. The number of benzene rings is 1. The Morgan fingerprint density at radius 1 is 1.24 bits per heavy atom. The minimum atomic E-state index is -2.82. The van der Waals surface area contributed by atoms with Crippen molar-refractivity contribution < 1.29 is 23.1 Å². The number of esters is 1. The van der Waals surface area contributed by atoms with Crippen molar-refractivity contribution in [3.05, 3.63) is 60.8 Å². The number of hydrogen-bond donors (Lipinski definition) is 1. The van der Waals surface area contributed by atoms with E-state index in [0.29, 0.717) is 20.6 Å². The summed E-state index contributed by atoms with van der Waals surface area (Å²) in [6, 6.07) is 4.72. The fourth-order valence-corrected chi connectivity index (χ4v) is 5.10. The molecule has 1 amide bonds.